The first-order valence-electron chi connectivity index (χ1n) is 6.35. The Labute approximate surface area is 115 Å². The van der Waals surface area contributed by atoms with Gasteiger partial charge in [-0.2, -0.15) is 0 Å². The molecule has 0 N–H and O–H groups in total. The lowest BCUT2D eigenvalue weighted by atomic mass is 10.1. The quantitative estimate of drug-likeness (QED) is 0.543. The Morgan fingerprint density at radius 1 is 1.21 bits per heavy atom. The molecule has 0 heterocycles. The van der Waals surface area contributed by atoms with Gasteiger partial charge in [0.25, 0.3) is 6.47 Å². The highest BCUT2D eigenvalue weighted by atomic mass is 28.4. The van der Waals surface area contributed by atoms with Crippen LogP contribution in [0.1, 0.15) is 12.0 Å². The fourth-order valence-electron chi connectivity index (χ4n) is 1.84. The van der Waals surface area contributed by atoms with Gasteiger partial charge in [0.15, 0.2) is 19.8 Å². The minimum absolute atomic E-state index is 0.407. The van der Waals surface area contributed by atoms with Crippen LogP contribution in [0.15, 0.2) is 18.2 Å². The first-order valence-corrected chi connectivity index (χ1v) is 9.46. The van der Waals surface area contributed by atoms with Gasteiger partial charge in [0.1, 0.15) is 0 Å². The van der Waals surface area contributed by atoms with Crippen LogP contribution in [-0.4, -0.2) is 29.0 Å². The number of aryl methyl sites for hydroxylation is 1. The number of hydrogen-bond donors (Lipinski definition) is 0. The van der Waals surface area contributed by atoms with Crippen LogP contribution in [0.25, 0.3) is 0 Å². The maximum absolute atomic E-state index is 10.4. The van der Waals surface area contributed by atoms with Crippen molar-refractivity contribution in [1.82, 2.24) is 0 Å². The molecule has 0 bridgehead atoms. The summed E-state index contributed by atoms with van der Waals surface area (Å²) < 4.78 is 15.6. The van der Waals surface area contributed by atoms with Gasteiger partial charge in [0.2, 0.25) is 0 Å². The molecule has 0 saturated carbocycles. The molecule has 0 unspecified atom stereocenters. The van der Waals surface area contributed by atoms with Gasteiger partial charge in [-0.1, -0.05) is 6.07 Å². The van der Waals surface area contributed by atoms with Gasteiger partial charge in [-0.3, -0.25) is 4.79 Å². The second-order valence-electron chi connectivity index (χ2n) is 5.02. The molecule has 106 valence electrons. The molecule has 0 amide bonds. The molecule has 0 saturated heterocycles. The van der Waals surface area contributed by atoms with Crippen molar-refractivity contribution < 1.29 is 18.7 Å². The molecule has 1 aromatic carbocycles. The Morgan fingerprint density at radius 3 is 2.53 bits per heavy atom. The Bertz CT molecular complexity index is 418. The highest BCUT2D eigenvalue weighted by Crippen LogP contribution is 2.28. The predicted molar refractivity (Wildman–Crippen MR) is 77.3 cm³/mol. The standard InChI is InChI=1S/C14H22O4Si/c1-16-14-10-12(7-8-13(14)18-11-15)6-5-9-19(3,4)17-2/h7-8,10-11H,5-6,9H2,1-4H3. The highest BCUT2D eigenvalue weighted by molar-refractivity contribution is 6.71. The summed E-state index contributed by atoms with van der Waals surface area (Å²) in [6, 6.07) is 6.77. The number of methoxy groups -OCH3 is 1. The van der Waals surface area contributed by atoms with Gasteiger partial charge in [-0.05, 0) is 49.7 Å². The molecule has 4 nitrogen and oxygen atoms in total. The zero-order valence-corrected chi connectivity index (χ0v) is 13.1. The van der Waals surface area contributed by atoms with Gasteiger partial charge < -0.3 is 13.9 Å². The Morgan fingerprint density at radius 2 is 1.95 bits per heavy atom. The molecule has 0 aliphatic heterocycles. The van der Waals surface area contributed by atoms with Gasteiger partial charge in [-0.25, -0.2) is 0 Å². The first-order chi connectivity index (χ1) is 9.02. The summed E-state index contributed by atoms with van der Waals surface area (Å²) in [5.74, 6) is 1.04. The van der Waals surface area contributed by atoms with Crippen LogP contribution in [0.2, 0.25) is 19.1 Å². The van der Waals surface area contributed by atoms with Crippen LogP contribution < -0.4 is 9.47 Å². The molecular weight excluding hydrogens is 260 g/mol. The maximum Gasteiger partial charge on any atom is 0.298 e. The lowest BCUT2D eigenvalue weighted by Crippen LogP contribution is -2.28. The van der Waals surface area contributed by atoms with E-state index in [1.807, 2.05) is 12.1 Å². The highest BCUT2D eigenvalue weighted by Gasteiger charge is 2.19. The summed E-state index contributed by atoms with van der Waals surface area (Å²) in [6.45, 7) is 4.84. The third-order valence-corrected chi connectivity index (χ3v) is 5.86. The van der Waals surface area contributed by atoms with Gasteiger partial charge in [-0.15, -0.1) is 0 Å². The van der Waals surface area contributed by atoms with E-state index in [1.165, 1.54) is 5.56 Å². The van der Waals surface area contributed by atoms with E-state index < -0.39 is 8.32 Å². The molecule has 0 spiro atoms. The topological polar surface area (TPSA) is 44.8 Å². The molecule has 0 radical (unpaired) electrons. The van der Waals surface area contributed by atoms with E-state index in [9.17, 15) is 4.79 Å². The van der Waals surface area contributed by atoms with E-state index in [1.54, 1.807) is 20.3 Å². The number of carbonyl (C=O) groups excluding carboxylic acids is 1. The summed E-state index contributed by atoms with van der Waals surface area (Å²) in [6.07, 6.45) is 2.06. The van der Waals surface area contributed by atoms with Gasteiger partial charge >= 0.3 is 0 Å². The van der Waals surface area contributed by atoms with E-state index in [0.717, 1.165) is 18.9 Å². The molecule has 0 aliphatic carbocycles. The van der Waals surface area contributed by atoms with Crippen molar-refractivity contribution in [2.45, 2.75) is 32.0 Å². The second-order valence-corrected chi connectivity index (χ2v) is 9.44. The molecule has 1 aromatic rings. The molecule has 19 heavy (non-hydrogen) atoms. The van der Waals surface area contributed by atoms with E-state index in [-0.39, 0.29) is 0 Å². The van der Waals surface area contributed by atoms with Crippen LogP contribution >= 0.6 is 0 Å². The minimum Gasteiger partial charge on any atom is -0.493 e. The molecule has 0 aromatic heterocycles. The van der Waals surface area contributed by atoms with Crippen molar-refractivity contribution in [1.29, 1.82) is 0 Å². The lowest BCUT2D eigenvalue weighted by Gasteiger charge is -2.19. The van der Waals surface area contributed by atoms with Crippen molar-refractivity contribution in [3.05, 3.63) is 23.8 Å². The van der Waals surface area contributed by atoms with Crippen LogP contribution in [0.5, 0.6) is 11.5 Å². The van der Waals surface area contributed by atoms with Gasteiger partial charge in [0, 0.05) is 7.11 Å². The van der Waals surface area contributed by atoms with Crippen LogP contribution in [0, 0.1) is 0 Å². The molecule has 0 fully saturated rings. The van der Waals surface area contributed by atoms with Gasteiger partial charge in [0.05, 0.1) is 7.11 Å². The molecule has 0 aliphatic rings. The number of benzene rings is 1. The third kappa shape index (κ3) is 5.04. The van der Waals surface area contributed by atoms with E-state index in [4.69, 9.17) is 13.9 Å². The second kappa shape index (κ2) is 7.30. The summed E-state index contributed by atoms with van der Waals surface area (Å²) in [4.78, 5) is 10.4. The summed E-state index contributed by atoms with van der Waals surface area (Å²) >= 11 is 0. The largest absolute Gasteiger partial charge is 0.493 e. The summed E-state index contributed by atoms with van der Waals surface area (Å²) in [5.41, 5.74) is 1.18. The number of carbonyl (C=O) groups is 1. The first kappa shape index (κ1) is 15.7. The van der Waals surface area contributed by atoms with E-state index >= 15 is 0 Å². The molecule has 0 atom stereocenters. The van der Waals surface area contributed by atoms with Crippen LogP contribution in [0.4, 0.5) is 0 Å². The maximum atomic E-state index is 10.4. The number of hydrogen-bond acceptors (Lipinski definition) is 4. The Kier molecular flexibility index (Phi) is 6.04. The van der Waals surface area contributed by atoms with Crippen LogP contribution in [-0.2, 0) is 15.6 Å². The fourth-order valence-corrected chi connectivity index (χ4v) is 3.07. The average molecular weight is 282 g/mol. The van der Waals surface area contributed by atoms with E-state index in [0.29, 0.717) is 18.0 Å². The molecular formula is C14H22O4Si. The smallest absolute Gasteiger partial charge is 0.298 e. The molecule has 1 rings (SSSR count). The monoisotopic (exact) mass is 282 g/mol. The van der Waals surface area contributed by atoms with Crippen molar-refractivity contribution in [2.75, 3.05) is 14.2 Å². The van der Waals surface area contributed by atoms with Crippen molar-refractivity contribution in [3.8, 4) is 11.5 Å². The molecule has 5 heteroatoms. The predicted octanol–water partition coefficient (Wildman–Crippen LogP) is 3.01. The minimum atomic E-state index is -1.48. The van der Waals surface area contributed by atoms with Crippen molar-refractivity contribution in [2.24, 2.45) is 0 Å². The van der Waals surface area contributed by atoms with E-state index in [2.05, 4.69) is 13.1 Å². The Hall–Kier alpha value is -1.33. The zero-order chi connectivity index (χ0) is 14.3. The SMILES string of the molecule is COc1cc(CCC[Si](C)(C)OC)ccc1OC=O. The fraction of sp³-hybridized carbons (Fsp3) is 0.500. The Balaban J connectivity index is 2.62. The number of ether oxygens (including phenoxy) is 2. The average Bonchev–Trinajstić information content (AvgIpc) is 2.40. The summed E-state index contributed by atoms with van der Waals surface area (Å²) in [5, 5.41) is 0. The third-order valence-electron chi connectivity index (χ3n) is 3.20. The lowest BCUT2D eigenvalue weighted by molar-refractivity contribution is -0.120. The van der Waals surface area contributed by atoms with Crippen molar-refractivity contribution >= 4 is 14.8 Å². The number of rotatable bonds is 8. The zero-order valence-electron chi connectivity index (χ0n) is 12.1. The van der Waals surface area contributed by atoms with Crippen LogP contribution in [0.3, 0.4) is 0 Å². The normalized spacial score (nSPS) is 11.2. The summed E-state index contributed by atoms with van der Waals surface area (Å²) in [7, 11) is 1.88. The van der Waals surface area contributed by atoms with Crippen molar-refractivity contribution in [3.63, 3.8) is 0 Å².